The van der Waals surface area contributed by atoms with Gasteiger partial charge in [-0.1, -0.05) is 31.9 Å². The zero-order valence-electron chi connectivity index (χ0n) is 17.1. The molecule has 7 nitrogen and oxygen atoms in total. The first-order valence-electron chi connectivity index (χ1n) is 10.6. The standard InChI is InChI=1S/C22H29N3O4/c1-14-6-3-4-10-22(14)20(27)25(21(28)24-22)13-19(26)23-15(2)16-8-9-18-17(12-16)7-5-11-29-18/h8-9,12,14-15H,3-7,10-11,13H2,1-2H3,(H,23,26)(H,24,28). The molecule has 2 fully saturated rings. The summed E-state index contributed by atoms with van der Waals surface area (Å²) in [5.74, 6) is 0.390. The molecular weight excluding hydrogens is 370 g/mol. The van der Waals surface area contributed by atoms with Crippen molar-refractivity contribution < 1.29 is 19.1 Å². The Morgan fingerprint density at radius 3 is 2.97 bits per heavy atom. The second-order valence-electron chi connectivity index (χ2n) is 8.55. The first-order chi connectivity index (χ1) is 13.9. The molecule has 1 aromatic rings. The fourth-order valence-corrected chi connectivity index (χ4v) is 4.80. The van der Waals surface area contributed by atoms with E-state index in [1.165, 1.54) is 0 Å². The lowest BCUT2D eigenvalue weighted by Gasteiger charge is -2.36. The third kappa shape index (κ3) is 3.58. The highest BCUT2D eigenvalue weighted by molar-refractivity contribution is 6.09. The van der Waals surface area contributed by atoms with E-state index in [4.69, 9.17) is 4.74 Å². The van der Waals surface area contributed by atoms with Crippen molar-refractivity contribution in [1.29, 1.82) is 0 Å². The molecule has 2 aliphatic heterocycles. The third-order valence-electron chi connectivity index (χ3n) is 6.61. The molecule has 29 heavy (non-hydrogen) atoms. The van der Waals surface area contributed by atoms with Crippen molar-refractivity contribution in [1.82, 2.24) is 15.5 Å². The molecule has 7 heteroatoms. The molecule has 4 amide bonds. The Morgan fingerprint density at radius 2 is 2.17 bits per heavy atom. The topological polar surface area (TPSA) is 87.7 Å². The lowest BCUT2D eigenvalue weighted by Crippen LogP contribution is -2.54. The van der Waals surface area contributed by atoms with E-state index >= 15 is 0 Å². The maximum atomic E-state index is 13.0. The van der Waals surface area contributed by atoms with Gasteiger partial charge in [0.1, 0.15) is 17.8 Å². The van der Waals surface area contributed by atoms with Crippen molar-refractivity contribution in [3.05, 3.63) is 29.3 Å². The predicted molar refractivity (Wildman–Crippen MR) is 107 cm³/mol. The highest BCUT2D eigenvalue weighted by Crippen LogP contribution is 2.38. The first-order valence-corrected chi connectivity index (χ1v) is 10.6. The molecule has 1 aromatic carbocycles. The normalized spacial score (nSPS) is 27.2. The third-order valence-corrected chi connectivity index (χ3v) is 6.61. The van der Waals surface area contributed by atoms with Crippen LogP contribution in [0.25, 0.3) is 0 Å². The average molecular weight is 399 g/mol. The van der Waals surface area contributed by atoms with Crippen LogP contribution in [0.1, 0.15) is 63.1 Å². The van der Waals surface area contributed by atoms with Crippen molar-refractivity contribution in [3.8, 4) is 5.75 Å². The van der Waals surface area contributed by atoms with Crippen LogP contribution >= 0.6 is 0 Å². The van der Waals surface area contributed by atoms with Gasteiger partial charge in [-0.05, 0) is 55.7 Å². The van der Waals surface area contributed by atoms with Crippen molar-refractivity contribution in [2.45, 2.75) is 64.0 Å². The molecule has 1 saturated carbocycles. The number of nitrogens with one attached hydrogen (secondary N) is 2. The number of amides is 4. The molecule has 1 spiro atoms. The summed E-state index contributed by atoms with van der Waals surface area (Å²) in [5.41, 5.74) is 1.30. The number of imide groups is 1. The van der Waals surface area contributed by atoms with Crippen molar-refractivity contribution in [2.75, 3.05) is 13.2 Å². The summed E-state index contributed by atoms with van der Waals surface area (Å²) in [7, 11) is 0. The van der Waals surface area contributed by atoms with E-state index in [1.807, 2.05) is 26.0 Å². The number of rotatable bonds is 4. The molecule has 4 rings (SSSR count). The summed E-state index contributed by atoms with van der Waals surface area (Å²) in [6.45, 7) is 4.39. The Morgan fingerprint density at radius 1 is 1.34 bits per heavy atom. The predicted octanol–water partition coefficient (Wildman–Crippen LogP) is 2.69. The molecule has 156 valence electrons. The fourth-order valence-electron chi connectivity index (χ4n) is 4.80. The highest BCUT2D eigenvalue weighted by atomic mass is 16.5. The Kier molecular flexibility index (Phi) is 5.23. The van der Waals surface area contributed by atoms with Crippen LogP contribution in [0.3, 0.4) is 0 Å². The maximum absolute atomic E-state index is 13.0. The van der Waals surface area contributed by atoms with Gasteiger partial charge in [0, 0.05) is 0 Å². The molecule has 0 radical (unpaired) electrons. The van der Waals surface area contributed by atoms with Crippen LogP contribution in [-0.2, 0) is 16.0 Å². The molecule has 0 aromatic heterocycles. The van der Waals surface area contributed by atoms with Crippen LogP contribution in [0.5, 0.6) is 5.75 Å². The van der Waals surface area contributed by atoms with E-state index in [2.05, 4.69) is 16.7 Å². The van der Waals surface area contributed by atoms with Gasteiger partial charge in [0.15, 0.2) is 0 Å². The van der Waals surface area contributed by atoms with Crippen LogP contribution in [0.2, 0.25) is 0 Å². The number of fused-ring (bicyclic) bond motifs is 1. The van der Waals surface area contributed by atoms with Gasteiger partial charge in [-0.15, -0.1) is 0 Å². The van der Waals surface area contributed by atoms with E-state index in [9.17, 15) is 14.4 Å². The van der Waals surface area contributed by atoms with Gasteiger partial charge in [-0.25, -0.2) is 4.79 Å². The maximum Gasteiger partial charge on any atom is 0.325 e. The second kappa shape index (κ2) is 7.69. The molecule has 3 atom stereocenters. The highest BCUT2D eigenvalue weighted by Gasteiger charge is 2.55. The van der Waals surface area contributed by atoms with Crippen LogP contribution < -0.4 is 15.4 Å². The van der Waals surface area contributed by atoms with Gasteiger partial charge in [0.25, 0.3) is 5.91 Å². The fraction of sp³-hybridized carbons (Fsp3) is 0.591. The van der Waals surface area contributed by atoms with Crippen molar-refractivity contribution in [2.24, 2.45) is 5.92 Å². The number of benzene rings is 1. The molecule has 3 unspecified atom stereocenters. The zero-order chi connectivity index (χ0) is 20.6. The van der Waals surface area contributed by atoms with E-state index in [0.717, 1.165) is 60.5 Å². The molecule has 2 heterocycles. The summed E-state index contributed by atoms with van der Waals surface area (Å²) < 4.78 is 5.64. The molecular formula is C22H29N3O4. The van der Waals surface area contributed by atoms with Crippen LogP contribution in [0.15, 0.2) is 18.2 Å². The monoisotopic (exact) mass is 399 g/mol. The molecule has 0 bridgehead atoms. The minimum Gasteiger partial charge on any atom is -0.493 e. The minimum absolute atomic E-state index is 0.0809. The molecule has 3 aliphatic rings. The second-order valence-corrected chi connectivity index (χ2v) is 8.55. The van der Waals surface area contributed by atoms with Gasteiger partial charge < -0.3 is 15.4 Å². The number of ether oxygens (including phenoxy) is 1. The molecule has 1 saturated heterocycles. The van der Waals surface area contributed by atoms with Crippen LogP contribution in [-0.4, -0.2) is 41.4 Å². The smallest absolute Gasteiger partial charge is 0.325 e. The average Bonchev–Trinajstić information content (AvgIpc) is 2.94. The van der Waals surface area contributed by atoms with Crippen LogP contribution in [0, 0.1) is 5.92 Å². The number of carbonyl (C=O) groups excluding carboxylic acids is 3. The largest absolute Gasteiger partial charge is 0.493 e. The van der Waals surface area contributed by atoms with Gasteiger partial charge >= 0.3 is 6.03 Å². The van der Waals surface area contributed by atoms with E-state index in [-0.39, 0.29) is 30.3 Å². The number of hydrogen-bond donors (Lipinski definition) is 2. The lowest BCUT2D eigenvalue weighted by molar-refractivity contribution is -0.137. The van der Waals surface area contributed by atoms with Crippen LogP contribution in [0.4, 0.5) is 4.79 Å². The number of hydrogen-bond acceptors (Lipinski definition) is 4. The molecule has 1 aliphatic carbocycles. The number of carbonyl (C=O) groups is 3. The van der Waals surface area contributed by atoms with Gasteiger partial charge in [0.05, 0.1) is 12.6 Å². The lowest BCUT2D eigenvalue weighted by atomic mass is 9.73. The number of nitrogens with zero attached hydrogens (tertiary/aromatic N) is 1. The van der Waals surface area contributed by atoms with Crippen molar-refractivity contribution >= 4 is 17.8 Å². The van der Waals surface area contributed by atoms with Crippen molar-refractivity contribution in [3.63, 3.8) is 0 Å². The van der Waals surface area contributed by atoms with Gasteiger partial charge in [-0.2, -0.15) is 0 Å². The number of aryl methyl sites for hydroxylation is 1. The Balaban J connectivity index is 1.40. The minimum atomic E-state index is -0.834. The Hall–Kier alpha value is -2.57. The SMILES string of the molecule is CC(NC(=O)CN1C(=O)NC2(CCCCC2C)C1=O)c1ccc2c(c1)CCCO2. The summed E-state index contributed by atoms with van der Waals surface area (Å²) in [6, 6.07) is 5.27. The van der Waals surface area contributed by atoms with E-state index in [0.29, 0.717) is 6.42 Å². The Labute approximate surface area is 171 Å². The van der Waals surface area contributed by atoms with E-state index in [1.54, 1.807) is 0 Å². The van der Waals surface area contributed by atoms with Gasteiger partial charge in [-0.3, -0.25) is 14.5 Å². The quantitative estimate of drug-likeness (QED) is 0.762. The Bertz CT molecular complexity index is 839. The first kappa shape index (κ1) is 19.7. The summed E-state index contributed by atoms with van der Waals surface area (Å²) in [5, 5.41) is 5.81. The summed E-state index contributed by atoms with van der Waals surface area (Å²) in [6.07, 6.45) is 5.48. The van der Waals surface area contributed by atoms with Gasteiger partial charge in [0.2, 0.25) is 5.91 Å². The summed E-state index contributed by atoms with van der Waals surface area (Å²) >= 11 is 0. The molecule has 2 N–H and O–H groups in total. The summed E-state index contributed by atoms with van der Waals surface area (Å²) in [4.78, 5) is 39.1. The van der Waals surface area contributed by atoms with E-state index < -0.39 is 11.6 Å². The zero-order valence-corrected chi connectivity index (χ0v) is 17.1. The number of urea groups is 1.